The Kier molecular flexibility index (Phi) is 3.10. The summed E-state index contributed by atoms with van der Waals surface area (Å²) in [5.74, 6) is -0.575. The molecule has 0 fully saturated rings. The van der Waals surface area contributed by atoms with Crippen molar-refractivity contribution in [1.29, 1.82) is 0 Å². The van der Waals surface area contributed by atoms with Crippen molar-refractivity contribution in [3.63, 3.8) is 0 Å². The molecule has 2 N–H and O–H groups in total. The molecule has 1 heterocycles. The van der Waals surface area contributed by atoms with Gasteiger partial charge < -0.3 is 14.9 Å². The summed E-state index contributed by atoms with van der Waals surface area (Å²) in [6.07, 6.45) is 0. The van der Waals surface area contributed by atoms with Gasteiger partial charge in [0.2, 0.25) is 0 Å². The Bertz CT molecular complexity index is 833. The maximum Gasteiger partial charge on any atom is 0.171 e. The molecule has 0 unspecified atom stereocenters. The van der Waals surface area contributed by atoms with Crippen molar-refractivity contribution in [2.75, 3.05) is 7.11 Å². The molecule has 0 radical (unpaired) electrons. The summed E-state index contributed by atoms with van der Waals surface area (Å²) in [6.45, 7) is 0. The fourth-order valence-corrected chi connectivity index (χ4v) is 2.24. The number of phenolic OH excluding ortho intramolecular Hbond substituents is 1. The van der Waals surface area contributed by atoms with Gasteiger partial charge in [-0.2, -0.15) is 0 Å². The molecule has 5 heteroatoms. The molecule has 106 valence electrons. The van der Waals surface area contributed by atoms with E-state index in [2.05, 4.69) is 4.98 Å². The van der Waals surface area contributed by atoms with Crippen LogP contribution in [-0.2, 0) is 0 Å². The number of aromatic nitrogens is 1. The lowest BCUT2D eigenvalue weighted by molar-refractivity contribution is 0.375. The van der Waals surface area contributed by atoms with Gasteiger partial charge in [0.15, 0.2) is 11.5 Å². The van der Waals surface area contributed by atoms with Gasteiger partial charge in [-0.05, 0) is 24.3 Å². The third kappa shape index (κ3) is 2.12. The minimum Gasteiger partial charge on any atom is -0.507 e. The van der Waals surface area contributed by atoms with Gasteiger partial charge in [-0.3, -0.25) is 0 Å². The maximum absolute atomic E-state index is 13.8. The highest BCUT2D eigenvalue weighted by Gasteiger charge is 2.15. The molecule has 0 bridgehead atoms. The third-order valence-corrected chi connectivity index (χ3v) is 3.26. The minimum absolute atomic E-state index is 0.175. The quantitative estimate of drug-likeness (QED) is 0.757. The number of pyridine rings is 1. The molecule has 0 aliphatic heterocycles. The molecule has 3 rings (SSSR count). The molecular formula is C16H12FNO3. The molecule has 1 aromatic heterocycles. The van der Waals surface area contributed by atoms with Crippen LogP contribution >= 0.6 is 0 Å². The lowest BCUT2D eigenvalue weighted by atomic mass is 10.1. The number of methoxy groups -OCH3 is 1. The van der Waals surface area contributed by atoms with Crippen LogP contribution in [0.4, 0.5) is 4.39 Å². The second-order valence-electron chi connectivity index (χ2n) is 4.52. The van der Waals surface area contributed by atoms with Gasteiger partial charge in [0.25, 0.3) is 0 Å². The molecule has 3 aromatic rings. The zero-order valence-corrected chi connectivity index (χ0v) is 11.2. The summed E-state index contributed by atoms with van der Waals surface area (Å²) >= 11 is 0. The van der Waals surface area contributed by atoms with Crippen LogP contribution in [0.3, 0.4) is 0 Å². The van der Waals surface area contributed by atoms with E-state index in [1.54, 1.807) is 24.3 Å². The number of ether oxygens (including phenoxy) is 1. The number of fused-ring (bicyclic) bond motifs is 1. The van der Waals surface area contributed by atoms with Crippen LogP contribution < -0.4 is 4.74 Å². The normalized spacial score (nSPS) is 10.8. The second-order valence-corrected chi connectivity index (χ2v) is 4.52. The van der Waals surface area contributed by atoms with Crippen LogP contribution in [0.25, 0.3) is 22.2 Å². The van der Waals surface area contributed by atoms with Crippen molar-refractivity contribution in [2.45, 2.75) is 0 Å². The highest BCUT2D eigenvalue weighted by molar-refractivity contribution is 5.94. The monoisotopic (exact) mass is 285 g/mol. The molecule has 21 heavy (non-hydrogen) atoms. The van der Waals surface area contributed by atoms with E-state index in [1.807, 2.05) is 0 Å². The van der Waals surface area contributed by atoms with Gasteiger partial charge in [0.1, 0.15) is 11.6 Å². The van der Waals surface area contributed by atoms with Gasteiger partial charge in [-0.15, -0.1) is 0 Å². The fourth-order valence-electron chi connectivity index (χ4n) is 2.24. The van der Waals surface area contributed by atoms with Crippen LogP contribution in [-0.4, -0.2) is 22.3 Å². The summed E-state index contributed by atoms with van der Waals surface area (Å²) in [4.78, 5) is 4.29. The van der Waals surface area contributed by atoms with Gasteiger partial charge in [0, 0.05) is 11.6 Å². The standard InChI is InChI=1S/C16H12FNO3/c1-21-14-7-6-11-15(16(14)20)13(19)8-12(18-11)9-4-2-3-5-10(9)17/h2-8,20H,1H3,(H,18,19). The molecule has 2 aromatic carbocycles. The van der Waals surface area contributed by atoms with E-state index in [1.165, 1.54) is 25.3 Å². The van der Waals surface area contributed by atoms with E-state index < -0.39 is 5.82 Å². The van der Waals surface area contributed by atoms with E-state index >= 15 is 0 Å². The number of rotatable bonds is 2. The highest BCUT2D eigenvalue weighted by Crippen LogP contribution is 2.40. The zero-order chi connectivity index (χ0) is 15.0. The van der Waals surface area contributed by atoms with Crippen LogP contribution in [0.5, 0.6) is 17.2 Å². The summed E-state index contributed by atoms with van der Waals surface area (Å²) in [5, 5.41) is 20.3. The number of phenols is 1. The van der Waals surface area contributed by atoms with Gasteiger partial charge >= 0.3 is 0 Å². The molecule has 0 aliphatic rings. The Balaban J connectivity index is 2.28. The van der Waals surface area contributed by atoms with E-state index in [-0.39, 0.29) is 28.2 Å². The molecule has 0 atom stereocenters. The number of benzene rings is 2. The minimum atomic E-state index is -0.429. The first-order valence-corrected chi connectivity index (χ1v) is 6.26. The smallest absolute Gasteiger partial charge is 0.171 e. The van der Waals surface area contributed by atoms with Crippen LogP contribution in [0.15, 0.2) is 42.5 Å². The predicted molar refractivity (Wildman–Crippen MR) is 77.0 cm³/mol. The number of halogens is 1. The van der Waals surface area contributed by atoms with E-state index in [9.17, 15) is 14.6 Å². The number of hydrogen-bond donors (Lipinski definition) is 2. The molecule has 0 spiro atoms. The summed E-state index contributed by atoms with van der Waals surface area (Å²) < 4.78 is 18.8. The van der Waals surface area contributed by atoms with Crippen molar-refractivity contribution in [1.82, 2.24) is 4.98 Å². The summed E-state index contributed by atoms with van der Waals surface area (Å²) in [6, 6.07) is 10.6. The number of hydrogen-bond acceptors (Lipinski definition) is 4. The molecule has 0 amide bonds. The number of nitrogens with zero attached hydrogens (tertiary/aromatic N) is 1. The Labute approximate surface area is 120 Å². The lowest BCUT2D eigenvalue weighted by Gasteiger charge is -2.10. The van der Waals surface area contributed by atoms with Crippen LogP contribution in [0.2, 0.25) is 0 Å². The Morgan fingerprint density at radius 3 is 2.57 bits per heavy atom. The highest BCUT2D eigenvalue weighted by atomic mass is 19.1. The first-order chi connectivity index (χ1) is 10.1. The van der Waals surface area contributed by atoms with E-state index in [0.717, 1.165) is 0 Å². The maximum atomic E-state index is 13.8. The SMILES string of the molecule is COc1ccc2nc(-c3ccccc3F)cc(O)c2c1O. The Morgan fingerprint density at radius 2 is 1.86 bits per heavy atom. The Hall–Kier alpha value is -2.82. The lowest BCUT2D eigenvalue weighted by Crippen LogP contribution is -1.91. The van der Waals surface area contributed by atoms with Crippen LogP contribution in [0.1, 0.15) is 0 Å². The van der Waals surface area contributed by atoms with Crippen LogP contribution in [0, 0.1) is 5.82 Å². The predicted octanol–water partition coefficient (Wildman–Crippen LogP) is 3.46. The first kappa shape index (κ1) is 13.2. The molecule has 4 nitrogen and oxygen atoms in total. The second kappa shape index (κ2) is 4.94. The van der Waals surface area contributed by atoms with Gasteiger partial charge in [-0.25, -0.2) is 9.37 Å². The zero-order valence-electron chi connectivity index (χ0n) is 11.2. The van der Waals surface area contributed by atoms with Crippen molar-refractivity contribution in [2.24, 2.45) is 0 Å². The van der Waals surface area contributed by atoms with Gasteiger partial charge in [0.05, 0.1) is 23.7 Å². The topological polar surface area (TPSA) is 62.6 Å². The average molecular weight is 285 g/mol. The summed E-state index contributed by atoms with van der Waals surface area (Å²) in [7, 11) is 1.42. The van der Waals surface area contributed by atoms with Crippen molar-refractivity contribution in [3.8, 4) is 28.5 Å². The largest absolute Gasteiger partial charge is 0.507 e. The fraction of sp³-hybridized carbons (Fsp3) is 0.0625. The van der Waals surface area contributed by atoms with E-state index in [4.69, 9.17) is 4.74 Å². The Morgan fingerprint density at radius 1 is 1.10 bits per heavy atom. The summed E-state index contributed by atoms with van der Waals surface area (Å²) in [5.41, 5.74) is 0.930. The van der Waals surface area contributed by atoms with Crippen molar-refractivity contribution < 1.29 is 19.3 Å². The molecular weight excluding hydrogens is 273 g/mol. The number of aromatic hydroxyl groups is 2. The first-order valence-electron chi connectivity index (χ1n) is 6.26. The third-order valence-electron chi connectivity index (χ3n) is 3.26. The molecule has 0 aliphatic carbocycles. The molecule has 0 saturated carbocycles. The van der Waals surface area contributed by atoms with Gasteiger partial charge in [-0.1, -0.05) is 12.1 Å². The van der Waals surface area contributed by atoms with Crippen molar-refractivity contribution in [3.05, 3.63) is 48.3 Å². The molecule has 0 saturated heterocycles. The average Bonchev–Trinajstić information content (AvgIpc) is 2.47. The van der Waals surface area contributed by atoms with Crippen molar-refractivity contribution >= 4 is 10.9 Å². The van der Waals surface area contributed by atoms with E-state index in [0.29, 0.717) is 11.2 Å².